The van der Waals surface area contributed by atoms with E-state index in [9.17, 15) is 0 Å². The van der Waals surface area contributed by atoms with Gasteiger partial charge in [0, 0.05) is 4.88 Å². The summed E-state index contributed by atoms with van der Waals surface area (Å²) in [6.45, 7) is 0. The van der Waals surface area contributed by atoms with Crippen LogP contribution in [0.15, 0.2) is 56.6 Å². The van der Waals surface area contributed by atoms with Crippen LogP contribution in [0.1, 0.15) is 11.0 Å². The Bertz CT molecular complexity index is 539. The molecule has 0 fully saturated rings. The molecule has 0 saturated heterocycles. The molecule has 0 saturated carbocycles. The number of hydrogen-bond acceptors (Lipinski definition) is 5. The summed E-state index contributed by atoms with van der Waals surface area (Å²) in [4.78, 5) is 1.14. The number of halogens is 1. The van der Waals surface area contributed by atoms with Gasteiger partial charge in [-0.15, -0.1) is 16.5 Å². The SMILES string of the molecule is Brc1ccc(C2N=NN(c3ccccc3)N2)s1. The van der Waals surface area contributed by atoms with E-state index in [1.807, 2.05) is 42.5 Å². The Labute approximate surface area is 111 Å². The van der Waals surface area contributed by atoms with E-state index in [1.54, 1.807) is 16.5 Å². The molecule has 1 N–H and O–H groups in total. The molecule has 3 rings (SSSR count). The molecule has 2 aromatic rings. The summed E-state index contributed by atoms with van der Waals surface area (Å²) in [6.07, 6.45) is -0.0912. The normalized spacial score (nSPS) is 18.9. The molecular formula is C11H9BrN4S. The van der Waals surface area contributed by atoms with E-state index in [2.05, 4.69) is 31.7 Å². The fourth-order valence-electron chi connectivity index (χ4n) is 1.56. The summed E-state index contributed by atoms with van der Waals surface area (Å²) in [6, 6.07) is 14.0. The van der Waals surface area contributed by atoms with Crippen molar-refractivity contribution in [2.45, 2.75) is 6.17 Å². The smallest absolute Gasteiger partial charge is 0.176 e. The number of thiophene rings is 1. The Morgan fingerprint density at radius 3 is 2.71 bits per heavy atom. The molecule has 86 valence electrons. The van der Waals surface area contributed by atoms with Crippen LogP contribution >= 0.6 is 27.3 Å². The highest BCUT2D eigenvalue weighted by Crippen LogP contribution is 2.31. The van der Waals surface area contributed by atoms with Gasteiger partial charge in [0.25, 0.3) is 0 Å². The van der Waals surface area contributed by atoms with Gasteiger partial charge in [-0.3, -0.25) is 0 Å². The van der Waals surface area contributed by atoms with Crippen LogP contribution in [0.4, 0.5) is 5.69 Å². The first-order valence-corrected chi connectivity index (χ1v) is 6.71. The molecule has 0 aliphatic carbocycles. The molecule has 1 atom stereocenters. The minimum absolute atomic E-state index is 0.0912. The molecule has 6 heteroatoms. The zero-order valence-electron chi connectivity index (χ0n) is 8.75. The first-order valence-electron chi connectivity index (χ1n) is 5.10. The monoisotopic (exact) mass is 308 g/mol. The van der Waals surface area contributed by atoms with Crippen LogP contribution < -0.4 is 10.5 Å². The van der Waals surface area contributed by atoms with Crippen molar-refractivity contribution in [3.63, 3.8) is 0 Å². The highest BCUT2D eigenvalue weighted by molar-refractivity contribution is 9.11. The van der Waals surface area contributed by atoms with Crippen molar-refractivity contribution >= 4 is 33.0 Å². The zero-order chi connectivity index (χ0) is 11.7. The highest BCUT2D eigenvalue weighted by Gasteiger charge is 2.22. The largest absolute Gasteiger partial charge is 0.180 e. The second-order valence-corrected chi connectivity index (χ2v) is 6.02. The van der Waals surface area contributed by atoms with Gasteiger partial charge in [0.15, 0.2) is 6.17 Å². The molecule has 0 radical (unpaired) electrons. The lowest BCUT2D eigenvalue weighted by molar-refractivity contribution is 0.620. The molecule has 1 unspecified atom stereocenters. The van der Waals surface area contributed by atoms with Gasteiger partial charge in [-0.2, -0.15) is 10.5 Å². The van der Waals surface area contributed by atoms with Crippen LogP contribution in [-0.4, -0.2) is 0 Å². The van der Waals surface area contributed by atoms with E-state index in [0.717, 1.165) is 14.4 Å². The quantitative estimate of drug-likeness (QED) is 0.914. The lowest BCUT2D eigenvalue weighted by Gasteiger charge is -2.13. The topological polar surface area (TPSA) is 40.0 Å². The number of nitrogens with zero attached hydrogens (tertiary/aromatic N) is 3. The number of hydrazine groups is 1. The van der Waals surface area contributed by atoms with Crippen LogP contribution in [0.25, 0.3) is 0 Å². The summed E-state index contributed by atoms with van der Waals surface area (Å²) in [5.41, 5.74) is 4.21. The number of anilines is 1. The van der Waals surface area contributed by atoms with Crippen molar-refractivity contribution in [3.8, 4) is 0 Å². The van der Waals surface area contributed by atoms with Gasteiger partial charge >= 0.3 is 0 Å². The van der Waals surface area contributed by atoms with Gasteiger partial charge in [-0.25, -0.2) is 0 Å². The number of nitrogens with one attached hydrogen (secondary N) is 1. The van der Waals surface area contributed by atoms with E-state index in [-0.39, 0.29) is 6.17 Å². The van der Waals surface area contributed by atoms with Gasteiger partial charge in [-0.1, -0.05) is 23.4 Å². The van der Waals surface area contributed by atoms with Gasteiger partial charge in [0.2, 0.25) is 0 Å². The highest BCUT2D eigenvalue weighted by atomic mass is 79.9. The predicted molar refractivity (Wildman–Crippen MR) is 71.7 cm³/mol. The maximum Gasteiger partial charge on any atom is 0.176 e. The molecule has 1 aromatic carbocycles. The molecule has 1 aliphatic heterocycles. The first-order chi connectivity index (χ1) is 8.33. The van der Waals surface area contributed by atoms with E-state index in [1.165, 1.54) is 0 Å². The van der Waals surface area contributed by atoms with Gasteiger partial charge in [0.1, 0.15) is 0 Å². The molecule has 0 amide bonds. The summed E-state index contributed by atoms with van der Waals surface area (Å²) in [5.74, 6) is 0. The third-order valence-electron chi connectivity index (χ3n) is 2.37. The third kappa shape index (κ3) is 2.24. The number of benzene rings is 1. The van der Waals surface area contributed by atoms with Crippen LogP contribution in [0.3, 0.4) is 0 Å². The van der Waals surface area contributed by atoms with E-state index in [0.29, 0.717) is 0 Å². The van der Waals surface area contributed by atoms with Crippen LogP contribution in [0.5, 0.6) is 0 Å². The number of rotatable bonds is 2. The van der Waals surface area contributed by atoms with Crippen molar-refractivity contribution in [2.24, 2.45) is 10.3 Å². The van der Waals surface area contributed by atoms with E-state index in [4.69, 9.17) is 0 Å². The van der Waals surface area contributed by atoms with E-state index < -0.39 is 0 Å². The summed E-state index contributed by atoms with van der Waals surface area (Å²) < 4.78 is 1.10. The summed E-state index contributed by atoms with van der Waals surface area (Å²) >= 11 is 5.10. The first kappa shape index (κ1) is 10.9. The molecule has 4 nitrogen and oxygen atoms in total. The fraction of sp³-hybridized carbons (Fsp3) is 0.0909. The third-order valence-corrected chi connectivity index (χ3v) is 4.04. The minimum Gasteiger partial charge on any atom is -0.180 e. The van der Waals surface area contributed by atoms with Gasteiger partial charge in [-0.05, 0) is 40.2 Å². The average Bonchev–Trinajstić information content (AvgIpc) is 2.98. The van der Waals surface area contributed by atoms with Crippen molar-refractivity contribution < 1.29 is 0 Å². The Hall–Kier alpha value is -1.24. The Morgan fingerprint density at radius 1 is 1.18 bits per heavy atom. The molecule has 1 aromatic heterocycles. The molecule has 2 heterocycles. The van der Waals surface area contributed by atoms with Crippen molar-refractivity contribution in [1.29, 1.82) is 0 Å². The molecule has 0 spiro atoms. The molecule has 1 aliphatic rings. The van der Waals surface area contributed by atoms with Crippen molar-refractivity contribution in [2.75, 3.05) is 5.12 Å². The van der Waals surface area contributed by atoms with Crippen molar-refractivity contribution in [3.05, 3.63) is 51.1 Å². The minimum atomic E-state index is -0.0912. The maximum absolute atomic E-state index is 4.21. The van der Waals surface area contributed by atoms with Gasteiger partial charge in [0.05, 0.1) is 9.47 Å². The maximum atomic E-state index is 4.21. The fourth-order valence-corrected chi connectivity index (χ4v) is 2.96. The second kappa shape index (κ2) is 4.56. The standard InChI is InChI=1S/C11H9BrN4S/c12-10-7-6-9(17-10)11-13-15-16(14-11)8-4-2-1-3-5-8/h1-7,11,14H. The van der Waals surface area contributed by atoms with Gasteiger partial charge < -0.3 is 0 Å². The summed E-state index contributed by atoms with van der Waals surface area (Å²) in [5, 5.41) is 10.0. The molecular weight excluding hydrogens is 300 g/mol. The lowest BCUT2D eigenvalue weighted by atomic mass is 10.3. The molecule has 0 bridgehead atoms. The van der Waals surface area contributed by atoms with E-state index >= 15 is 0 Å². The lowest BCUT2D eigenvalue weighted by Crippen LogP contribution is -2.30. The second-order valence-electron chi connectivity index (χ2n) is 3.53. The van der Waals surface area contributed by atoms with Crippen molar-refractivity contribution in [1.82, 2.24) is 5.43 Å². The number of hydrogen-bond donors (Lipinski definition) is 1. The summed E-state index contributed by atoms with van der Waals surface area (Å²) in [7, 11) is 0. The number of para-hydroxylation sites is 1. The van der Waals surface area contributed by atoms with Crippen LogP contribution in [0, 0.1) is 0 Å². The zero-order valence-corrected chi connectivity index (χ0v) is 11.1. The van der Waals surface area contributed by atoms with Crippen LogP contribution in [0.2, 0.25) is 0 Å². The molecule has 17 heavy (non-hydrogen) atoms. The average molecular weight is 309 g/mol. The van der Waals surface area contributed by atoms with Crippen LogP contribution in [-0.2, 0) is 0 Å². The Balaban J connectivity index is 1.77. The Morgan fingerprint density at radius 2 is 2.00 bits per heavy atom. The predicted octanol–water partition coefficient (Wildman–Crippen LogP) is 3.90. The Kier molecular flexibility index (Phi) is 2.92.